The summed E-state index contributed by atoms with van der Waals surface area (Å²) in [6.07, 6.45) is 5.16. The van der Waals surface area contributed by atoms with Crippen LogP contribution in [0.5, 0.6) is 0 Å². The molecule has 0 aliphatic carbocycles. The third kappa shape index (κ3) is 2.96. The number of sulfone groups is 1. The first-order chi connectivity index (χ1) is 9.05. The fraction of sp³-hybridized carbons (Fsp3) is 1.00. The maximum Gasteiger partial charge on any atom is 0.153 e. The zero-order chi connectivity index (χ0) is 13.5. The molecule has 3 aliphatic rings. The number of likely N-dealkylation sites (tertiary alicyclic amines) is 2. The molecule has 0 aromatic carbocycles. The average molecular weight is 287 g/mol. The van der Waals surface area contributed by atoms with Gasteiger partial charge in [-0.25, -0.2) is 8.42 Å². The fourth-order valence-electron chi connectivity index (χ4n) is 3.88. The fourth-order valence-corrected chi connectivity index (χ4v) is 5.81. The van der Waals surface area contributed by atoms with Crippen LogP contribution in [0.4, 0.5) is 0 Å². The molecule has 3 rings (SSSR count). The van der Waals surface area contributed by atoms with E-state index >= 15 is 0 Å². The van der Waals surface area contributed by atoms with Crippen LogP contribution >= 0.6 is 0 Å². The van der Waals surface area contributed by atoms with Crippen molar-refractivity contribution in [1.82, 2.24) is 9.80 Å². The van der Waals surface area contributed by atoms with Crippen molar-refractivity contribution in [1.29, 1.82) is 0 Å². The van der Waals surface area contributed by atoms with Crippen molar-refractivity contribution < 1.29 is 8.42 Å². The van der Waals surface area contributed by atoms with E-state index in [-0.39, 0.29) is 23.6 Å². The largest absolute Gasteiger partial charge is 0.325 e. The van der Waals surface area contributed by atoms with E-state index in [4.69, 9.17) is 5.73 Å². The summed E-state index contributed by atoms with van der Waals surface area (Å²) in [5.74, 6) is 0.434. The van der Waals surface area contributed by atoms with Crippen LogP contribution in [0.2, 0.25) is 0 Å². The lowest BCUT2D eigenvalue weighted by Crippen LogP contribution is -2.48. The van der Waals surface area contributed by atoms with E-state index in [1.165, 1.54) is 38.8 Å². The Labute approximate surface area is 116 Å². The van der Waals surface area contributed by atoms with Gasteiger partial charge < -0.3 is 5.73 Å². The quantitative estimate of drug-likeness (QED) is 0.753. The van der Waals surface area contributed by atoms with E-state index in [2.05, 4.69) is 9.80 Å². The highest BCUT2D eigenvalue weighted by Crippen LogP contribution is 2.25. The van der Waals surface area contributed by atoms with Crippen molar-refractivity contribution in [2.24, 2.45) is 5.73 Å². The molecule has 0 saturated carbocycles. The molecule has 3 heterocycles. The SMILES string of the molecule is NC1CS(=O)(=O)CC1N1CCC(N2CCCCC2)C1. The maximum absolute atomic E-state index is 11.7. The van der Waals surface area contributed by atoms with Crippen LogP contribution in [0.25, 0.3) is 0 Å². The summed E-state index contributed by atoms with van der Waals surface area (Å²) in [7, 11) is -2.90. The summed E-state index contributed by atoms with van der Waals surface area (Å²) in [6.45, 7) is 4.45. The molecule has 0 bridgehead atoms. The zero-order valence-corrected chi connectivity index (χ0v) is 12.3. The topological polar surface area (TPSA) is 66.6 Å². The van der Waals surface area contributed by atoms with Crippen LogP contribution in [0.1, 0.15) is 25.7 Å². The van der Waals surface area contributed by atoms with Crippen molar-refractivity contribution >= 4 is 9.84 Å². The Kier molecular flexibility index (Phi) is 3.86. The molecule has 3 unspecified atom stereocenters. The number of piperidine rings is 1. The van der Waals surface area contributed by atoms with Crippen molar-refractivity contribution in [2.45, 2.75) is 43.8 Å². The van der Waals surface area contributed by atoms with Gasteiger partial charge >= 0.3 is 0 Å². The summed E-state index contributed by atoms with van der Waals surface area (Å²) < 4.78 is 23.3. The van der Waals surface area contributed by atoms with Gasteiger partial charge in [0.25, 0.3) is 0 Å². The lowest BCUT2D eigenvalue weighted by atomic mass is 10.1. The van der Waals surface area contributed by atoms with Crippen molar-refractivity contribution in [3.8, 4) is 0 Å². The highest BCUT2D eigenvalue weighted by Gasteiger charge is 2.42. The minimum Gasteiger partial charge on any atom is -0.325 e. The minimum absolute atomic E-state index is 0.0554. The zero-order valence-electron chi connectivity index (χ0n) is 11.5. The van der Waals surface area contributed by atoms with E-state index in [1.807, 2.05) is 0 Å². The van der Waals surface area contributed by atoms with E-state index in [1.54, 1.807) is 0 Å². The van der Waals surface area contributed by atoms with Gasteiger partial charge in [0.15, 0.2) is 9.84 Å². The van der Waals surface area contributed by atoms with Gasteiger partial charge in [0.05, 0.1) is 11.5 Å². The molecule has 2 N–H and O–H groups in total. The Hall–Kier alpha value is -0.170. The van der Waals surface area contributed by atoms with Crippen LogP contribution in [0.3, 0.4) is 0 Å². The second-order valence-corrected chi connectivity index (χ2v) is 8.50. The van der Waals surface area contributed by atoms with E-state index in [9.17, 15) is 8.42 Å². The van der Waals surface area contributed by atoms with Crippen LogP contribution in [0.15, 0.2) is 0 Å². The molecule has 3 aliphatic heterocycles. The first kappa shape index (κ1) is 13.8. The Morgan fingerprint density at radius 3 is 2.32 bits per heavy atom. The third-order valence-electron chi connectivity index (χ3n) is 4.94. The Bertz CT molecular complexity index is 420. The predicted molar refractivity (Wildman–Crippen MR) is 75.8 cm³/mol. The molecule has 0 radical (unpaired) electrons. The first-order valence-corrected chi connectivity index (χ1v) is 9.31. The van der Waals surface area contributed by atoms with Crippen LogP contribution in [0, 0.1) is 0 Å². The summed E-state index contributed by atoms with van der Waals surface area (Å²) in [4.78, 5) is 4.92. The van der Waals surface area contributed by atoms with Crippen molar-refractivity contribution in [2.75, 3.05) is 37.7 Å². The molecular weight excluding hydrogens is 262 g/mol. The van der Waals surface area contributed by atoms with Gasteiger partial charge in [0, 0.05) is 31.2 Å². The molecule has 0 spiro atoms. The van der Waals surface area contributed by atoms with Gasteiger partial charge in [-0.2, -0.15) is 0 Å². The summed E-state index contributed by atoms with van der Waals surface area (Å²) in [5.41, 5.74) is 6.02. The van der Waals surface area contributed by atoms with Gasteiger partial charge in [-0.3, -0.25) is 9.80 Å². The molecule has 3 atom stereocenters. The first-order valence-electron chi connectivity index (χ1n) is 7.49. The van der Waals surface area contributed by atoms with Crippen LogP contribution < -0.4 is 5.73 Å². The van der Waals surface area contributed by atoms with E-state index < -0.39 is 9.84 Å². The highest BCUT2D eigenvalue weighted by molar-refractivity contribution is 7.91. The molecule has 3 fully saturated rings. The third-order valence-corrected chi connectivity index (χ3v) is 6.68. The smallest absolute Gasteiger partial charge is 0.153 e. The molecule has 19 heavy (non-hydrogen) atoms. The van der Waals surface area contributed by atoms with Gasteiger partial charge in [0.1, 0.15) is 0 Å². The number of hydrogen-bond donors (Lipinski definition) is 1. The number of nitrogens with zero attached hydrogens (tertiary/aromatic N) is 2. The molecule has 0 aromatic rings. The predicted octanol–water partition coefficient (Wildman–Crippen LogP) is -0.329. The molecule has 3 saturated heterocycles. The number of nitrogens with two attached hydrogens (primary N) is 1. The molecule has 110 valence electrons. The lowest BCUT2D eigenvalue weighted by molar-refractivity contribution is 0.152. The Balaban J connectivity index is 1.59. The van der Waals surface area contributed by atoms with Crippen molar-refractivity contribution in [3.63, 3.8) is 0 Å². The Morgan fingerprint density at radius 2 is 1.68 bits per heavy atom. The second kappa shape index (κ2) is 5.31. The summed E-state index contributed by atoms with van der Waals surface area (Å²) in [5, 5.41) is 0. The average Bonchev–Trinajstić information content (AvgIpc) is 2.95. The van der Waals surface area contributed by atoms with E-state index in [0.29, 0.717) is 6.04 Å². The minimum atomic E-state index is -2.90. The van der Waals surface area contributed by atoms with E-state index in [0.717, 1.165) is 13.1 Å². The highest BCUT2D eigenvalue weighted by atomic mass is 32.2. The maximum atomic E-state index is 11.7. The molecule has 0 amide bonds. The molecule has 0 aromatic heterocycles. The number of rotatable bonds is 2. The van der Waals surface area contributed by atoms with Crippen LogP contribution in [-0.2, 0) is 9.84 Å². The molecular formula is C13H25N3O2S. The second-order valence-electron chi connectivity index (χ2n) is 6.34. The summed E-state index contributed by atoms with van der Waals surface area (Å²) >= 11 is 0. The monoisotopic (exact) mass is 287 g/mol. The van der Waals surface area contributed by atoms with Crippen LogP contribution in [-0.4, -0.2) is 74.0 Å². The van der Waals surface area contributed by atoms with Crippen molar-refractivity contribution in [3.05, 3.63) is 0 Å². The van der Waals surface area contributed by atoms with Gasteiger partial charge in [0.2, 0.25) is 0 Å². The van der Waals surface area contributed by atoms with Gasteiger partial charge in [-0.05, 0) is 32.4 Å². The number of hydrogen-bond acceptors (Lipinski definition) is 5. The molecule has 5 nitrogen and oxygen atoms in total. The normalized spacial score (nSPS) is 40.8. The van der Waals surface area contributed by atoms with Gasteiger partial charge in [-0.1, -0.05) is 6.42 Å². The summed E-state index contributed by atoms with van der Waals surface area (Å²) in [6, 6.07) is 0.487. The van der Waals surface area contributed by atoms with Gasteiger partial charge in [-0.15, -0.1) is 0 Å². The lowest BCUT2D eigenvalue weighted by Gasteiger charge is -2.33. The standard InChI is InChI=1S/C13H25N3O2S/c14-12-9-19(17,18)10-13(12)16-7-4-11(8-16)15-5-2-1-3-6-15/h11-13H,1-10,14H2. The Morgan fingerprint density at radius 1 is 0.947 bits per heavy atom. The molecule has 6 heteroatoms.